The van der Waals surface area contributed by atoms with Gasteiger partial charge < -0.3 is 4.90 Å². The summed E-state index contributed by atoms with van der Waals surface area (Å²) in [5, 5.41) is 0. The van der Waals surface area contributed by atoms with Crippen LogP contribution in [0.15, 0.2) is 0 Å². The summed E-state index contributed by atoms with van der Waals surface area (Å²) in [7, 11) is 0. The Kier molecular flexibility index (Phi) is 4.62. The molecule has 88 valence electrons. The molecular formula is C13H25NO. The molecule has 1 heterocycles. The lowest BCUT2D eigenvalue weighted by Gasteiger charge is -2.34. The van der Waals surface area contributed by atoms with E-state index >= 15 is 0 Å². The summed E-state index contributed by atoms with van der Waals surface area (Å²) in [5.41, 5.74) is 0. The Labute approximate surface area is 94.0 Å². The van der Waals surface area contributed by atoms with E-state index in [1.807, 2.05) is 13.8 Å². The van der Waals surface area contributed by atoms with Crippen molar-refractivity contribution in [2.75, 3.05) is 13.1 Å². The molecule has 0 spiro atoms. The topological polar surface area (TPSA) is 20.3 Å². The Balaban J connectivity index is 2.45. The zero-order valence-corrected chi connectivity index (χ0v) is 10.6. The van der Waals surface area contributed by atoms with Gasteiger partial charge in [0, 0.05) is 19.0 Å². The molecule has 2 heteroatoms. The van der Waals surface area contributed by atoms with Gasteiger partial charge in [-0.05, 0) is 31.1 Å². The average Bonchev–Trinajstić information content (AvgIpc) is 2.16. The molecule has 0 bridgehead atoms. The van der Waals surface area contributed by atoms with E-state index < -0.39 is 0 Å². The lowest BCUT2D eigenvalue weighted by molar-refractivity contribution is -0.136. The molecule has 0 aromatic rings. The lowest BCUT2D eigenvalue weighted by atomic mass is 9.89. The van der Waals surface area contributed by atoms with Crippen molar-refractivity contribution in [2.24, 2.45) is 17.8 Å². The smallest absolute Gasteiger partial charge is 0.225 e. The van der Waals surface area contributed by atoms with Crippen molar-refractivity contribution in [1.29, 1.82) is 0 Å². The van der Waals surface area contributed by atoms with E-state index in [0.29, 0.717) is 5.91 Å². The zero-order valence-electron chi connectivity index (χ0n) is 10.6. The fourth-order valence-electron chi connectivity index (χ4n) is 2.49. The zero-order chi connectivity index (χ0) is 11.4. The minimum Gasteiger partial charge on any atom is -0.342 e. The minimum absolute atomic E-state index is 0.155. The van der Waals surface area contributed by atoms with Gasteiger partial charge in [0.25, 0.3) is 0 Å². The summed E-state index contributed by atoms with van der Waals surface area (Å²) in [6.07, 6.45) is 3.76. The number of nitrogens with zero attached hydrogens (tertiary/aromatic N) is 1. The number of piperidine rings is 1. The van der Waals surface area contributed by atoms with Gasteiger partial charge in [-0.15, -0.1) is 0 Å². The Bertz CT molecular complexity index is 211. The first-order chi connectivity index (χ1) is 7.00. The van der Waals surface area contributed by atoms with Crippen molar-refractivity contribution >= 4 is 5.91 Å². The molecule has 0 aromatic heterocycles. The van der Waals surface area contributed by atoms with Gasteiger partial charge in [-0.1, -0.05) is 27.7 Å². The lowest BCUT2D eigenvalue weighted by Crippen LogP contribution is -2.42. The summed E-state index contributed by atoms with van der Waals surface area (Å²) < 4.78 is 0. The number of hydrogen-bond acceptors (Lipinski definition) is 1. The number of amides is 1. The number of carbonyl (C=O) groups is 1. The molecule has 1 rings (SSSR count). The SMILES string of the molecule is CC(C)C[C@H]1CCCN(C(=O)C(C)C)C1. The van der Waals surface area contributed by atoms with Crippen LogP contribution in [0.2, 0.25) is 0 Å². The van der Waals surface area contributed by atoms with E-state index in [-0.39, 0.29) is 5.92 Å². The molecule has 0 N–H and O–H groups in total. The highest BCUT2D eigenvalue weighted by Gasteiger charge is 2.25. The molecule has 1 amide bonds. The molecule has 0 radical (unpaired) electrons. The molecule has 0 aliphatic carbocycles. The fraction of sp³-hybridized carbons (Fsp3) is 0.923. The largest absolute Gasteiger partial charge is 0.342 e. The molecule has 0 unspecified atom stereocenters. The van der Waals surface area contributed by atoms with E-state index in [1.54, 1.807) is 0 Å². The van der Waals surface area contributed by atoms with Crippen LogP contribution in [0.4, 0.5) is 0 Å². The third kappa shape index (κ3) is 3.84. The first kappa shape index (κ1) is 12.5. The van der Waals surface area contributed by atoms with Crippen LogP contribution in [0.3, 0.4) is 0 Å². The molecule has 0 aromatic carbocycles. The minimum atomic E-state index is 0.155. The number of carbonyl (C=O) groups excluding carboxylic acids is 1. The standard InChI is InChI=1S/C13H25NO/c1-10(2)8-12-6-5-7-14(9-12)13(15)11(3)4/h10-12H,5-9H2,1-4H3/t12-/m1/s1. The highest BCUT2D eigenvalue weighted by atomic mass is 16.2. The van der Waals surface area contributed by atoms with Crippen LogP contribution in [0.5, 0.6) is 0 Å². The summed E-state index contributed by atoms with van der Waals surface area (Å²) in [4.78, 5) is 13.9. The van der Waals surface area contributed by atoms with Gasteiger partial charge >= 0.3 is 0 Å². The van der Waals surface area contributed by atoms with Crippen LogP contribution in [0.25, 0.3) is 0 Å². The summed E-state index contributed by atoms with van der Waals surface area (Å²) in [6, 6.07) is 0. The predicted molar refractivity (Wildman–Crippen MR) is 63.6 cm³/mol. The van der Waals surface area contributed by atoms with Crippen LogP contribution in [-0.2, 0) is 4.79 Å². The molecular weight excluding hydrogens is 186 g/mol. The third-order valence-electron chi connectivity index (χ3n) is 3.13. The molecule has 1 saturated heterocycles. The van der Waals surface area contributed by atoms with E-state index in [9.17, 15) is 4.79 Å². The van der Waals surface area contributed by atoms with Crippen molar-refractivity contribution in [3.63, 3.8) is 0 Å². The number of rotatable bonds is 3. The van der Waals surface area contributed by atoms with Crippen LogP contribution in [-0.4, -0.2) is 23.9 Å². The fourth-order valence-corrected chi connectivity index (χ4v) is 2.49. The molecule has 1 aliphatic heterocycles. The second-order valence-corrected chi connectivity index (χ2v) is 5.58. The van der Waals surface area contributed by atoms with Gasteiger partial charge in [-0.25, -0.2) is 0 Å². The average molecular weight is 211 g/mol. The van der Waals surface area contributed by atoms with E-state index in [1.165, 1.54) is 19.3 Å². The maximum absolute atomic E-state index is 11.9. The molecule has 15 heavy (non-hydrogen) atoms. The summed E-state index contributed by atoms with van der Waals surface area (Å²) in [5.74, 6) is 1.98. The summed E-state index contributed by atoms with van der Waals surface area (Å²) >= 11 is 0. The maximum atomic E-state index is 11.9. The van der Waals surface area contributed by atoms with Gasteiger partial charge in [-0.3, -0.25) is 4.79 Å². The van der Waals surface area contributed by atoms with E-state index in [2.05, 4.69) is 18.7 Å². The Morgan fingerprint density at radius 2 is 2.00 bits per heavy atom. The molecule has 1 aliphatic rings. The second kappa shape index (κ2) is 5.53. The Hall–Kier alpha value is -0.530. The molecule has 1 atom stereocenters. The van der Waals surface area contributed by atoms with Gasteiger partial charge in [0.2, 0.25) is 5.91 Å². The van der Waals surface area contributed by atoms with Crippen LogP contribution >= 0.6 is 0 Å². The van der Waals surface area contributed by atoms with Crippen molar-refractivity contribution in [1.82, 2.24) is 4.90 Å². The first-order valence-electron chi connectivity index (χ1n) is 6.29. The maximum Gasteiger partial charge on any atom is 0.225 e. The molecule has 1 fully saturated rings. The summed E-state index contributed by atoms with van der Waals surface area (Å²) in [6.45, 7) is 10.5. The van der Waals surface area contributed by atoms with Crippen molar-refractivity contribution < 1.29 is 4.79 Å². The van der Waals surface area contributed by atoms with Crippen molar-refractivity contribution in [3.8, 4) is 0 Å². The third-order valence-corrected chi connectivity index (χ3v) is 3.13. The van der Waals surface area contributed by atoms with Gasteiger partial charge in [0.15, 0.2) is 0 Å². The monoisotopic (exact) mass is 211 g/mol. The second-order valence-electron chi connectivity index (χ2n) is 5.58. The van der Waals surface area contributed by atoms with Gasteiger partial charge in [0.1, 0.15) is 0 Å². The van der Waals surface area contributed by atoms with Crippen molar-refractivity contribution in [3.05, 3.63) is 0 Å². The number of hydrogen-bond donors (Lipinski definition) is 0. The van der Waals surface area contributed by atoms with E-state index in [4.69, 9.17) is 0 Å². The normalized spacial score (nSPS) is 22.5. The Morgan fingerprint density at radius 3 is 2.53 bits per heavy atom. The highest BCUT2D eigenvalue weighted by Crippen LogP contribution is 2.23. The van der Waals surface area contributed by atoms with Gasteiger partial charge in [-0.2, -0.15) is 0 Å². The molecule has 0 saturated carbocycles. The highest BCUT2D eigenvalue weighted by molar-refractivity contribution is 5.78. The first-order valence-corrected chi connectivity index (χ1v) is 6.29. The van der Waals surface area contributed by atoms with Crippen molar-refractivity contribution in [2.45, 2.75) is 47.0 Å². The van der Waals surface area contributed by atoms with Crippen LogP contribution < -0.4 is 0 Å². The molecule has 2 nitrogen and oxygen atoms in total. The van der Waals surface area contributed by atoms with E-state index in [0.717, 1.165) is 24.9 Å². The quantitative estimate of drug-likeness (QED) is 0.703. The number of likely N-dealkylation sites (tertiary alicyclic amines) is 1. The van der Waals surface area contributed by atoms with Crippen LogP contribution in [0, 0.1) is 17.8 Å². The van der Waals surface area contributed by atoms with Crippen LogP contribution in [0.1, 0.15) is 47.0 Å². The predicted octanol–water partition coefficient (Wildman–Crippen LogP) is 2.93. The van der Waals surface area contributed by atoms with Gasteiger partial charge in [0.05, 0.1) is 0 Å². The Morgan fingerprint density at radius 1 is 1.33 bits per heavy atom.